The van der Waals surface area contributed by atoms with Crippen LogP contribution in [0.3, 0.4) is 0 Å². The van der Waals surface area contributed by atoms with Gasteiger partial charge in [0.2, 0.25) is 0 Å². The summed E-state index contributed by atoms with van der Waals surface area (Å²) in [5.74, 6) is 0. The van der Waals surface area contributed by atoms with Crippen LogP contribution in [0.25, 0.3) is 0 Å². The highest BCUT2D eigenvalue weighted by atomic mass is 32.2. The maximum atomic E-state index is 11.3. The Morgan fingerprint density at radius 3 is 2.38 bits per heavy atom. The van der Waals surface area contributed by atoms with Crippen LogP contribution in [0, 0.1) is 0 Å². The molecule has 0 unspecified atom stereocenters. The number of rotatable bonds is 5. The van der Waals surface area contributed by atoms with Gasteiger partial charge in [-0.25, -0.2) is 4.79 Å². The molecule has 0 aliphatic heterocycles. The van der Waals surface area contributed by atoms with Gasteiger partial charge in [0, 0.05) is 0 Å². The Hall–Kier alpha value is -1.45. The fraction of sp³-hybridized carbons (Fsp3) is 0.364. The molecule has 0 aromatic heterocycles. The fourth-order valence-electron chi connectivity index (χ4n) is 1.31. The lowest BCUT2D eigenvalue weighted by Crippen LogP contribution is -1.96. The minimum atomic E-state index is -3.85. The molecule has 0 aliphatic rings. The summed E-state index contributed by atoms with van der Waals surface area (Å²) in [6.07, 6.45) is 4.13. The quantitative estimate of drug-likeness (QED) is 0.583. The highest BCUT2D eigenvalue weighted by Crippen LogP contribution is 2.14. The first-order chi connectivity index (χ1) is 7.60. The molecule has 1 rings (SSSR count). The van der Waals surface area contributed by atoms with E-state index in [0.29, 0.717) is 0 Å². The zero-order valence-corrected chi connectivity index (χ0v) is 9.83. The van der Waals surface area contributed by atoms with Crippen LogP contribution >= 0.6 is 0 Å². The van der Waals surface area contributed by atoms with Crippen molar-refractivity contribution in [3.63, 3.8) is 0 Å². The summed E-state index contributed by atoms with van der Waals surface area (Å²) in [5, 5.41) is 0. The van der Waals surface area contributed by atoms with Crippen LogP contribution in [-0.4, -0.2) is 14.5 Å². The molecule has 0 radical (unpaired) electrons. The van der Waals surface area contributed by atoms with Crippen LogP contribution in [0.5, 0.6) is 0 Å². The van der Waals surface area contributed by atoms with Gasteiger partial charge in [-0.05, 0) is 30.5 Å². The van der Waals surface area contributed by atoms with Gasteiger partial charge in [0.1, 0.15) is 0 Å². The molecular formula is C11H13NO3S. The summed E-state index contributed by atoms with van der Waals surface area (Å²) in [6, 6.07) is 6.40. The SMILES string of the molecule is CCCCc1ccc(S(=O)(=O)N=C=O)cc1. The van der Waals surface area contributed by atoms with E-state index in [4.69, 9.17) is 0 Å². The minimum absolute atomic E-state index is 0.0242. The molecule has 0 bridgehead atoms. The number of sulfonamides is 1. The Balaban J connectivity index is 2.91. The Bertz CT molecular complexity index is 484. The van der Waals surface area contributed by atoms with Crippen molar-refractivity contribution in [1.29, 1.82) is 0 Å². The van der Waals surface area contributed by atoms with Crippen LogP contribution in [0.1, 0.15) is 25.3 Å². The number of unbranched alkanes of at least 4 members (excludes halogenated alkanes) is 1. The molecule has 0 amide bonds. The van der Waals surface area contributed by atoms with Crippen molar-refractivity contribution in [3.8, 4) is 0 Å². The van der Waals surface area contributed by atoms with Crippen LogP contribution in [0.2, 0.25) is 0 Å². The standard InChI is InChI=1S/C11H13NO3S/c1-2-3-4-10-5-7-11(8-6-10)16(14,15)12-9-13/h5-8H,2-4H2,1H3. The van der Waals surface area contributed by atoms with Crippen molar-refractivity contribution >= 4 is 16.1 Å². The zero-order chi connectivity index (χ0) is 12.0. The first-order valence-electron chi connectivity index (χ1n) is 5.03. The van der Waals surface area contributed by atoms with E-state index in [1.54, 1.807) is 12.1 Å². The lowest BCUT2D eigenvalue weighted by molar-refractivity contribution is 0.563. The summed E-state index contributed by atoms with van der Waals surface area (Å²) < 4.78 is 25.4. The second-order valence-corrected chi connectivity index (χ2v) is 5.01. The second-order valence-electron chi connectivity index (χ2n) is 3.41. The molecule has 0 aliphatic carbocycles. The van der Waals surface area contributed by atoms with Gasteiger partial charge >= 0.3 is 0 Å². The van der Waals surface area contributed by atoms with Crippen molar-refractivity contribution in [3.05, 3.63) is 29.8 Å². The first kappa shape index (κ1) is 12.6. The number of hydrogen-bond donors (Lipinski definition) is 0. The molecule has 5 heteroatoms. The maximum absolute atomic E-state index is 11.3. The predicted molar refractivity (Wildman–Crippen MR) is 60.4 cm³/mol. The van der Waals surface area contributed by atoms with Crippen LogP contribution < -0.4 is 0 Å². The molecule has 0 atom stereocenters. The molecule has 1 aromatic carbocycles. The molecule has 1 aromatic rings. The summed E-state index contributed by atoms with van der Waals surface area (Å²) in [7, 11) is -3.85. The van der Waals surface area contributed by atoms with Gasteiger partial charge in [-0.1, -0.05) is 29.9 Å². The fourth-order valence-corrected chi connectivity index (χ4v) is 1.99. The molecule has 0 saturated heterocycles. The maximum Gasteiger partial charge on any atom is 0.292 e. The molecule has 86 valence electrons. The number of hydrogen-bond acceptors (Lipinski definition) is 3. The normalized spacial score (nSPS) is 10.8. The molecular weight excluding hydrogens is 226 g/mol. The van der Waals surface area contributed by atoms with Crippen molar-refractivity contribution in [2.75, 3.05) is 0 Å². The Morgan fingerprint density at radius 1 is 1.25 bits per heavy atom. The third kappa shape index (κ3) is 3.29. The monoisotopic (exact) mass is 239 g/mol. The average Bonchev–Trinajstić information content (AvgIpc) is 2.27. The zero-order valence-electron chi connectivity index (χ0n) is 9.01. The van der Waals surface area contributed by atoms with E-state index in [0.717, 1.165) is 30.9 Å². The second kappa shape index (κ2) is 5.58. The lowest BCUT2D eigenvalue weighted by Gasteiger charge is -2.01. The number of aryl methyl sites for hydroxylation is 1. The number of nitrogens with zero attached hydrogens (tertiary/aromatic N) is 1. The largest absolute Gasteiger partial charge is 0.292 e. The van der Waals surface area contributed by atoms with E-state index in [1.807, 2.05) is 0 Å². The Kier molecular flexibility index (Phi) is 4.40. The van der Waals surface area contributed by atoms with E-state index in [9.17, 15) is 13.2 Å². The van der Waals surface area contributed by atoms with Gasteiger partial charge in [-0.3, -0.25) is 0 Å². The number of benzene rings is 1. The smallest absolute Gasteiger partial charge is 0.210 e. The Morgan fingerprint density at radius 2 is 1.88 bits per heavy atom. The van der Waals surface area contributed by atoms with Crippen LogP contribution in [0.4, 0.5) is 0 Å². The van der Waals surface area contributed by atoms with E-state index >= 15 is 0 Å². The summed E-state index contributed by atoms with van der Waals surface area (Å²) in [6.45, 7) is 2.09. The molecule has 4 nitrogen and oxygen atoms in total. The highest BCUT2D eigenvalue weighted by molar-refractivity contribution is 7.90. The van der Waals surface area contributed by atoms with Gasteiger partial charge in [-0.15, -0.1) is 0 Å². The third-order valence-corrected chi connectivity index (χ3v) is 3.38. The predicted octanol–water partition coefficient (Wildman–Crippen LogP) is 2.05. The molecule has 16 heavy (non-hydrogen) atoms. The number of carbonyl (C=O) groups excluding carboxylic acids is 1. The van der Waals surface area contributed by atoms with Gasteiger partial charge < -0.3 is 0 Å². The van der Waals surface area contributed by atoms with Crippen LogP contribution in [-0.2, 0) is 21.2 Å². The molecule has 0 spiro atoms. The van der Waals surface area contributed by atoms with E-state index in [2.05, 4.69) is 11.3 Å². The van der Waals surface area contributed by atoms with Crippen molar-refractivity contribution in [2.45, 2.75) is 31.1 Å². The van der Waals surface area contributed by atoms with Crippen molar-refractivity contribution in [2.24, 2.45) is 4.40 Å². The van der Waals surface area contributed by atoms with Crippen molar-refractivity contribution < 1.29 is 13.2 Å². The van der Waals surface area contributed by atoms with E-state index in [-0.39, 0.29) is 4.90 Å². The number of isocyanates is 1. The molecule has 0 saturated carbocycles. The van der Waals surface area contributed by atoms with E-state index in [1.165, 1.54) is 12.1 Å². The van der Waals surface area contributed by atoms with Gasteiger partial charge in [0.05, 0.1) is 4.90 Å². The molecule has 0 N–H and O–H groups in total. The van der Waals surface area contributed by atoms with Gasteiger partial charge in [-0.2, -0.15) is 8.42 Å². The van der Waals surface area contributed by atoms with Gasteiger partial charge in [0.15, 0.2) is 0 Å². The lowest BCUT2D eigenvalue weighted by atomic mass is 10.1. The molecule has 0 heterocycles. The summed E-state index contributed by atoms with van der Waals surface area (Å²) >= 11 is 0. The summed E-state index contributed by atoms with van der Waals surface area (Å²) in [5.41, 5.74) is 1.08. The first-order valence-corrected chi connectivity index (χ1v) is 6.47. The van der Waals surface area contributed by atoms with Crippen LogP contribution in [0.15, 0.2) is 33.6 Å². The van der Waals surface area contributed by atoms with Crippen molar-refractivity contribution in [1.82, 2.24) is 0 Å². The third-order valence-electron chi connectivity index (χ3n) is 2.20. The molecule has 0 fully saturated rings. The Labute approximate surface area is 95.1 Å². The average molecular weight is 239 g/mol. The minimum Gasteiger partial charge on any atom is -0.210 e. The van der Waals surface area contributed by atoms with Gasteiger partial charge in [0.25, 0.3) is 16.1 Å². The summed E-state index contributed by atoms with van der Waals surface area (Å²) in [4.78, 5) is 9.96. The van der Waals surface area contributed by atoms with E-state index < -0.39 is 10.0 Å². The highest BCUT2D eigenvalue weighted by Gasteiger charge is 2.11. The topological polar surface area (TPSA) is 63.6 Å².